The van der Waals surface area contributed by atoms with Gasteiger partial charge in [-0.05, 0) is 31.4 Å². The Labute approximate surface area is 145 Å². The molecule has 2 aliphatic rings. The second kappa shape index (κ2) is 7.84. The molecule has 4 heteroatoms. The Bertz CT molecular complexity index is 578. The molecule has 1 atom stereocenters. The fraction of sp³-hybridized carbons (Fsp3) is 0.550. The van der Waals surface area contributed by atoms with E-state index in [4.69, 9.17) is 0 Å². The molecule has 0 aromatic heterocycles. The number of piperazine rings is 1. The summed E-state index contributed by atoms with van der Waals surface area (Å²) in [7, 11) is 0. The molecule has 0 N–H and O–H groups in total. The Morgan fingerprint density at radius 2 is 1.96 bits per heavy atom. The molecule has 130 valence electrons. The molecule has 0 saturated carbocycles. The molecule has 2 saturated heterocycles. The van der Waals surface area contributed by atoms with E-state index in [2.05, 4.69) is 47.6 Å². The summed E-state index contributed by atoms with van der Waals surface area (Å²) in [6, 6.07) is 9.16. The number of para-hydroxylation sites is 1. The number of benzene rings is 1. The minimum absolute atomic E-state index is 0.230. The maximum atomic E-state index is 12.1. The maximum absolute atomic E-state index is 12.1. The largest absolute Gasteiger partial charge is 0.369 e. The quantitative estimate of drug-likeness (QED) is 0.796. The molecule has 0 unspecified atom stereocenters. The van der Waals surface area contributed by atoms with Crippen LogP contribution in [0, 0.1) is 6.92 Å². The number of likely N-dealkylation sites (tertiary alicyclic amines) is 1. The molecule has 4 nitrogen and oxygen atoms in total. The first-order chi connectivity index (χ1) is 11.7. The van der Waals surface area contributed by atoms with Gasteiger partial charge in [-0.3, -0.25) is 9.69 Å². The van der Waals surface area contributed by atoms with Gasteiger partial charge in [0.25, 0.3) is 0 Å². The van der Waals surface area contributed by atoms with Crippen molar-refractivity contribution < 1.29 is 4.79 Å². The molecule has 0 aliphatic carbocycles. The lowest BCUT2D eigenvalue weighted by Crippen LogP contribution is -2.55. The average Bonchev–Trinajstić information content (AvgIpc) is 2.63. The SMILES string of the molecule is C=CCC(=O)N1CCC[C@@H](N2CCN(c3ccccc3C)CC2)C1. The minimum Gasteiger partial charge on any atom is -0.369 e. The normalized spacial score (nSPS) is 22.5. The van der Waals surface area contributed by atoms with Gasteiger partial charge in [0.2, 0.25) is 5.91 Å². The van der Waals surface area contributed by atoms with Crippen LogP contribution in [0.15, 0.2) is 36.9 Å². The predicted octanol–water partition coefficient (Wildman–Crippen LogP) is 2.68. The zero-order valence-corrected chi connectivity index (χ0v) is 14.8. The van der Waals surface area contributed by atoms with Gasteiger partial charge in [0, 0.05) is 57.4 Å². The van der Waals surface area contributed by atoms with Crippen LogP contribution < -0.4 is 4.90 Å². The molecule has 0 spiro atoms. The van der Waals surface area contributed by atoms with Crippen LogP contribution in [-0.2, 0) is 4.79 Å². The highest BCUT2D eigenvalue weighted by atomic mass is 16.2. The summed E-state index contributed by atoms with van der Waals surface area (Å²) in [5, 5.41) is 0. The summed E-state index contributed by atoms with van der Waals surface area (Å²) in [5.41, 5.74) is 2.72. The third-order valence-corrected chi connectivity index (χ3v) is 5.35. The van der Waals surface area contributed by atoms with Gasteiger partial charge < -0.3 is 9.80 Å². The number of carbonyl (C=O) groups is 1. The zero-order valence-electron chi connectivity index (χ0n) is 14.8. The molecular weight excluding hydrogens is 298 g/mol. The van der Waals surface area contributed by atoms with Crippen molar-refractivity contribution in [3.8, 4) is 0 Å². The molecule has 1 amide bonds. The standard InChI is InChI=1S/C20H29N3O/c1-3-7-20(24)23-11-6-9-18(16-23)21-12-14-22(15-13-21)19-10-5-4-8-17(19)2/h3-5,8,10,18H,1,6-7,9,11-16H2,2H3/t18-/m1/s1. The van der Waals surface area contributed by atoms with Crippen LogP contribution in [0.4, 0.5) is 5.69 Å². The van der Waals surface area contributed by atoms with E-state index in [1.165, 1.54) is 17.7 Å². The van der Waals surface area contributed by atoms with Gasteiger partial charge in [-0.2, -0.15) is 0 Å². The summed E-state index contributed by atoms with van der Waals surface area (Å²) in [6.45, 7) is 12.0. The lowest BCUT2D eigenvalue weighted by Gasteiger charge is -2.44. The molecule has 3 rings (SSSR count). The van der Waals surface area contributed by atoms with Crippen LogP contribution in [-0.4, -0.2) is 61.0 Å². The Kier molecular flexibility index (Phi) is 5.56. The van der Waals surface area contributed by atoms with Crippen molar-refractivity contribution in [3.05, 3.63) is 42.5 Å². The number of aryl methyl sites for hydroxylation is 1. The van der Waals surface area contributed by atoms with E-state index in [9.17, 15) is 4.79 Å². The number of nitrogens with zero attached hydrogens (tertiary/aromatic N) is 3. The molecule has 24 heavy (non-hydrogen) atoms. The molecule has 2 fully saturated rings. The van der Waals surface area contributed by atoms with Crippen molar-refractivity contribution in [3.63, 3.8) is 0 Å². The van der Waals surface area contributed by atoms with Crippen molar-refractivity contribution in [1.82, 2.24) is 9.80 Å². The van der Waals surface area contributed by atoms with Gasteiger partial charge in [0.15, 0.2) is 0 Å². The molecule has 1 aromatic carbocycles. The maximum Gasteiger partial charge on any atom is 0.226 e. The fourth-order valence-electron chi connectivity index (χ4n) is 3.98. The smallest absolute Gasteiger partial charge is 0.226 e. The van der Waals surface area contributed by atoms with Crippen LogP contribution in [0.1, 0.15) is 24.8 Å². The first-order valence-electron chi connectivity index (χ1n) is 9.12. The third-order valence-electron chi connectivity index (χ3n) is 5.35. The highest BCUT2D eigenvalue weighted by Gasteiger charge is 2.29. The highest BCUT2D eigenvalue weighted by Crippen LogP contribution is 2.23. The van der Waals surface area contributed by atoms with Crippen LogP contribution in [0.3, 0.4) is 0 Å². The Morgan fingerprint density at radius 3 is 2.67 bits per heavy atom. The number of anilines is 1. The van der Waals surface area contributed by atoms with Gasteiger partial charge in [-0.25, -0.2) is 0 Å². The Balaban J connectivity index is 1.55. The molecular formula is C20H29N3O. The van der Waals surface area contributed by atoms with E-state index in [0.717, 1.165) is 45.7 Å². The fourth-order valence-corrected chi connectivity index (χ4v) is 3.98. The number of rotatable bonds is 4. The minimum atomic E-state index is 0.230. The number of hydrogen-bond donors (Lipinski definition) is 0. The van der Waals surface area contributed by atoms with Crippen LogP contribution in [0.5, 0.6) is 0 Å². The second-order valence-electron chi connectivity index (χ2n) is 6.94. The summed E-state index contributed by atoms with van der Waals surface area (Å²) in [6.07, 6.45) is 4.51. The van der Waals surface area contributed by atoms with E-state index in [0.29, 0.717) is 12.5 Å². The number of carbonyl (C=O) groups excluding carboxylic acids is 1. The molecule has 0 radical (unpaired) electrons. The lowest BCUT2D eigenvalue weighted by molar-refractivity contribution is -0.132. The van der Waals surface area contributed by atoms with Crippen molar-refractivity contribution >= 4 is 11.6 Å². The van der Waals surface area contributed by atoms with Crippen LogP contribution >= 0.6 is 0 Å². The molecule has 2 heterocycles. The van der Waals surface area contributed by atoms with Gasteiger partial charge in [-0.15, -0.1) is 6.58 Å². The monoisotopic (exact) mass is 327 g/mol. The van der Waals surface area contributed by atoms with Crippen LogP contribution in [0.2, 0.25) is 0 Å². The van der Waals surface area contributed by atoms with E-state index in [1.807, 2.05) is 4.90 Å². The number of piperidine rings is 1. The average molecular weight is 327 g/mol. The van der Waals surface area contributed by atoms with E-state index in [1.54, 1.807) is 6.08 Å². The van der Waals surface area contributed by atoms with E-state index in [-0.39, 0.29) is 5.91 Å². The number of amides is 1. The van der Waals surface area contributed by atoms with Crippen LogP contribution in [0.25, 0.3) is 0 Å². The van der Waals surface area contributed by atoms with Gasteiger partial charge in [-0.1, -0.05) is 24.3 Å². The van der Waals surface area contributed by atoms with Crippen molar-refractivity contribution in [1.29, 1.82) is 0 Å². The topological polar surface area (TPSA) is 26.8 Å². The summed E-state index contributed by atoms with van der Waals surface area (Å²) < 4.78 is 0. The second-order valence-corrected chi connectivity index (χ2v) is 6.94. The van der Waals surface area contributed by atoms with Crippen molar-refractivity contribution in [2.75, 3.05) is 44.2 Å². The molecule has 0 bridgehead atoms. The van der Waals surface area contributed by atoms with Gasteiger partial charge >= 0.3 is 0 Å². The van der Waals surface area contributed by atoms with E-state index >= 15 is 0 Å². The zero-order chi connectivity index (χ0) is 16.9. The van der Waals surface area contributed by atoms with Crippen molar-refractivity contribution in [2.24, 2.45) is 0 Å². The first-order valence-corrected chi connectivity index (χ1v) is 9.12. The highest BCUT2D eigenvalue weighted by molar-refractivity contribution is 5.77. The Morgan fingerprint density at radius 1 is 1.21 bits per heavy atom. The summed E-state index contributed by atoms with van der Waals surface area (Å²) >= 11 is 0. The summed E-state index contributed by atoms with van der Waals surface area (Å²) in [4.78, 5) is 19.2. The number of hydrogen-bond acceptors (Lipinski definition) is 3. The first kappa shape index (κ1) is 17.0. The van der Waals surface area contributed by atoms with Crippen molar-refractivity contribution in [2.45, 2.75) is 32.2 Å². The lowest BCUT2D eigenvalue weighted by atomic mass is 10.0. The summed E-state index contributed by atoms with van der Waals surface area (Å²) in [5.74, 6) is 0.230. The van der Waals surface area contributed by atoms with E-state index < -0.39 is 0 Å². The Hall–Kier alpha value is -1.81. The van der Waals surface area contributed by atoms with Gasteiger partial charge in [0.05, 0.1) is 0 Å². The molecule has 1 aromatic rings. The molecule has 2 aliphatic heterocycles. The predicted molar refractivity (Wildman–Crippen MR) is 99.4 cm³/mol. The third kappa shape index (κ3) is 3.81. The van der Waals surface area contributed by atoms with Gasteiger partial charge in [0.1, 0.15) is 0 Å².